The second-order valence-corrected chi connectivity index (χ2v) is 7.36. The summed E-state index contributed by atoms with van der Waals surface area (Å²) in [6.45, 7) is 8.09. The summed E-state index contributed by atoms with van der Waals surface area (Å²) in [6.07, 6.45) is 1.07. The van der Waals surface area contributed by atoms with E-state index in [1.807, 2.05) is 25.3 Å². The molecule has 0 saturated carbocycles. The molecule has 1 aliphatic rings. The Kier molecular flexibility index (Phi) is 5.47. The topological polar surface area (TPSA) is 76.0 Å². The van der Waals surface area contributed by atoms with Crippen LogP contribution in [0.1, 0.15) is 49.8 Å². The number of nitrogens with zero attached hydrogens (tertiary/aromatic N) is 2. The van der Waals surface area contributed by atoms with Crippen LogP contribution in [0.4, 0.5) is 0 Å². The molecule has 2 heterocycles. The van der Waals surface area contributed by atoms with Gasteiger partial charge in [-0.25, -0.2) is 4.98 Å². The molecule has 0 unspecified atom stereocenters. The van der Waals surface area contributed by atoms with Crippen LogP contribution in [0.3, 0.4) is 0 Å². The van der Waals surface area contributed by atoms with Gasteiger partial charge in [0.2, 0.25) is 11.2 Å². The van der Waals surface area contributed by atoms with Crippen molar-refractivity contribution >= 4 is 23.3 Å². The van der Waals surface area contributed by atoms with Crippen molar-refractivity contribution in [1.82, 2.24) is 20.2 Å². The Hall–Kier alpha value is -1.40. The number of carbonyl (C=O) groups is 2. The summed E-state index contributed by atoms with van der Waals surface area (Å²) in [5.74, 6) is -0.664. The molecular formula is C16H25ClN4O2. The van der Waals surface area contributed by atoms with Crippen LogP contribution in [0.15, 0.2) is 0 Å². The van der Waals surface area contributed by atoms with Crippen LogP contribution in [0.5, 0.6) is 0 Å². The van der Waals surface area contributed by atoms with Crippen LogP contribution in [0, 0.1) is 11.3 Å². The third-order valence-electron chi connectivity index (χ3n) is 4.32. The summed E-state index contributed by atoms with van der Waals surface area (Å²) in [5.41, 5.74) is 0.902. The van der Waals surface area contributed by atoms with E-state index in [1.54, 1.807) is 7.05 Å². The van der Waals surface area contributed by atoms with Gasteiger partial charge >= 0.3 is 0 Å². The van der Waals surface area contributed by atoms with E-state index in [1.165, 1.54) is 0 Å². The minimum Gasteiger partial charge on any atom is -0.359 e. The Bertz CT molecular complexity index is 604. The largest absolute Gasteiger partial charge is 0.359 e. The lowest BCUT2D eigenvalue weighted by atomic mass is 9.77. The number of nitrogens with one attached hydrogen (secondary N) is 2. The molecule has 1 aliphatic heterocycles. The average molecular weight is 341 g/mol. The molecule has 6 nitrogen and oxygen atoms in total. The van der Waals surface area contributed by atoms with Crippen molar-refractivity contribution in [3.8, 4) is 0 Å². The molecule has 0 aliphatic carbocycles. The van der Waals surface area contributed by atoms with Crippen LogP contribution < -0.4 is 10.6 Å². The number of Topliss-reactive ketones (excluding diaryl/α,β-unsaturated/α-hetero) is 1. The molecule has 1 aromatic rings. The van der Waals surface area contributed by atoms with Gasteiger partial charge in [-0.2, -0.15) is 0 Å². The predicted octanol–water partition coefficient (Wildman–Crippen LogP) is 2.01. The molecule has 0 saturated heterocycles. The van der Waals surface area contributed by atoms with Crippen LogP contribution in [0.25, 0.3) is 0 Å². The van der Waals surface area contributed by atoms with Gasteiger partial charge in [0.25, 0.3) is 0 Å². The highest BCUT2D eigenvalue weighted by Gasteiger charge is 2.34. The highest BCUT2D eigenvalue weighted by atomic mass is 35.5. The normalized spacial score (nSPS) is 16.4. The first kappa shape index (κ1) is 17.9. The first-order valence-corrected chi connectivity index (χ1v) is 8.34. The third kappa shape index (κ3) is 3.93. The zero-order chi connectivity index (χ0) is 17.2. The number of hydrogen-bond acceptors (Lipinski definition) is 4. The van der Waals surface area contributed by atoms with Gasteiger partial charge in [0.1, 0.15) is 5.69 Å². The van der Waals surface area contributed by atoms with E-state index in [0.717, 1.165) is 25.2 Å². The number of ketones is 1. The molecule has 0 spiro atoms. The van der Waals surface area contributed by atoms with Crippen molar-refractivity contribution in [2.45, 2.75) is 46.7 Å². The van der Waals surface area contributed by atoms with Gasteiger partial charge in [-0.1, -0.05) is 20.8 Å². The van der Waals surface area contributed by atoms with E-state index in [2.05, 4.69) is 15.6 Å². The van der Waals surface area contributed by atoms with Crippen molar-refractivity contribution in [3.05, 3.63) is 16.7 Å². The Morgan fingerprint density at radius 1 is 1.43 bits per heavy atom. The molecule has 1 amide bonds. The molecule has 2 N–H and O–H groups in total. The molecule has 128 valence electrons. The third-order valence-corrected chi connectivity index (χ3v) is 4.60. The van der Waals surface area contributed by atoms with Crippen LogP contribution in [0.2, 0.25) is 5.28 Å². The zero-order valence-electron chi connectivity index (χ0n) is 14.2. The Balaban J connectivity index is 2.28. The molecule has 0 fully saturated rings. The smallest absolute Gasteiger partial charge is 0.223 e. The fourth-order valence-electron chi connectivity index (χ4n) is 2.90. The van der Waals surface area contributed by atoms with E-state index in [0.29, 0.717) is 17.5 Å². The number of carbonyl (C=O) groups excluding carboxylic acids is 2. The molecule has 1 atom stereocenters. The SMILES string of the molecule is CNC(=O)[C@@H](CC(=O)c1nc(Cl)n2c1CNCCC2)C(C)(C)C. The van der Waals surface area contributed by atoms with Gasteiger partial charge in [-0.05, 0) is 30.0 Å². The quantitative estimate of drug-likeness (QED) is 0.822. The van der Waals surface area contributed by atoms with Crippen molar-refractivity contribution in [2.75, 3.05) is 13.6 Å². The lowest BCUT2D eigenvalue weighted by Gasteiger charge is -2.28. The molecule has 2 rings (SSSR count). The van der Waals surface area contributed by atoms with Crippen molar-refractivity contribution in [1.29, 1.82) is 0 Å². The number of halogens is 1. The molecular weight excluding hydrogens is 316 g/mol. The Morgan fingerprint density at radius 2 is 2.13 bits per heavy atom. The van der Waals surface area contributed by atoms with E-state index < -0.39 is 5.92 Å². The van der Waals surface area contributed by atoms with Crippen molar-refractivity contribution in [2.24, 2.45) is 11.3 Å². The molecule has 0 aromatic carbocycles. The molecule has 0 radical (unpaired) electrons. The van der Waals surface area contributed by atoms with Gasteiger partial charge in [0.05, 0.1) is 11.6 Å². The van der Waals surface area contributed by atoms with E-state index in [4.69, 9.17) is 11.6 Å². The summed E-state index contributed by atoms with van der Waals surface area (Å²) < 4.78 is 1.89. The van der Waals surface area contributed by atoms with E-state index >= 15 is 0 Å². The summed E-state index contributed by atoms with van der Waals surface area (Å²) in [5, 5.41) is 6.28. The first-order chi connectivity index (χ1) is 10.8. The standard InChI is InChI=1S/C16H25ClN4O2/c1-16(2,3)10(14(23)18-4)8-12(22)13-11-9-19-6-5-7-21(11)15(17)20-13/h10,19H,5-9H2,1-4H3,(H,18,23)/t10-/m1/s1. The maximum absolute atomic E-state index is 12.8. The van der Waals surface area contributed by atoms with Gasteiger partial charge in [-0.3, -0.25) is 9.59 Å². The number of amides is 1. The van der Waals surface area contributed by atoms with Crippen LogP contribution in [-0.2, 0) is 17.9 Å². The van der Waals surface area contributed by atoms with Crippen molar-refractivity contribution in [3.63, 3.8) is 0 Å². The fraction of sp³-hybridized carbons (Fsp3) is 0.688. The summed E-state index contributed by atoms with van der Waals surface area (Å²) in [4.78, 5) is 29.2. The van der Waals surface area contributed by atoms with Gasteiger partial charge in [-0.15, -0.1) is 0 Å². The lowest BCUT2D eigenvalue weighted by Crippen LogP contribution is -2.37. The minimum absolute atomic E-state index is 0.125. The highest BCUT2D eigenvalue weighted by Crippen LogP contribution is 2.31. The minimum atomic E-state index is -0.408. The van der Waals surface area contributed by atoms with Crippen LogP contribution >= 0.6 is 11.6 Å². The molecule has 7 heteroatoms. The molecule has 1 aromatic heterocycles. The number of fused-ring (bicyclic) bond motifs is 1. The maximum atomic E-state index is 12.8. The number of aromatic nitrogens is 2. The summed E-state index contributed by atoms with van der Waals surface area (Å²) >= 11 is 6.19. The maximum Gasteiger partial charge on any atom is 0.223 e. The van der Waals surface area contributed by atoms with Crippen LogP contribution in [-0.4, -0.2) is 34.8 Å². The summed E-state index contributed by atoms with van der Waals surface area (Å²) in [7, 11) is 1.59. The number of rotatable bonds is 4. The number of hydrogen-bond donors (Lipinski definition) is 2. The fourth-order valence-corrected chi connectivity index (χ4v) is 3.17. The molecule has 23 heavy (non-hydrogen) atoms. The Labute approximate surface area is 142 Å². The average Bonchev–Trinajstić information content (AvgIpc) is 2.67. The number of imidazole rings is 1. The lowest BCUT2D eigenvalue weighted by molar-refractivity contribution is -0.127. The second kappa shape index (κ2) is 7.01. The highest BCUT2D eigenvalue weighted by molar-refractivity contribution is 6.28. The Morgan fingerprint density at radius 3 is 2.74 bits per heavy atom. The predicted molar refractivity (Wildman–Crippen MR) is 89.5 cm³/mol. The zero-order valence-corrected chi connectivity index (χ0v) is 15.0. The summed E-state index contributed by atoms with van der Waals surface area (Å²) in [6, 6.07) is 0. The van der Waals surface area contributed by atoms with E-state index in [9.17, 15) is 9.59 Å². The van der Waals surface area contributed by atoms with Gasteiger partial charge in [0.15, 0.2) is 5.78 Å². The first-order valence-electron chi connectivity index (χ1n) is 7.96. The van der Waals surface area contributed by atoms with E-state index in [-0.39, 0.29) is 23.5 Å². The van der Waals surface area contributed by atoms with Gasteiger partial charge < -0.3 is 15.2 Å². The monoisotopic (exact) mass is 340 g/mol. The van der Waals surface area contributed by atoms with Gasteiger partial charge in [0, 0.05) is 26.6 Å². The van der Waals surface area contributed by atoms with Crippen molar-refractivity contribution < 1.29 is 9.59 Å². The molecule has 0 bridgehead atoms. The second-order valence-electron chi connectivity index (χ2n) is 7.02.